The Morgan fingerprint density at radius 3 is 2.61 bits per heavy atom. The number of carbonyl (C=O) groups excluding carboxylic acids is 1. The minimum Gasteiger partial charge on any atom is -0.497 e. The molecule has 1 aromatic carbocycles. The molecule has 1 rings (SSSR count). The van der Waals surface area contributed by atoms with E-state index in [1.54, 1.807) is 42.0 Å². The maximum atomic E-state index is 12.5. The van der Waals surface area contributed by atoms with Crippen molar-refractivity contribution in [3.05, 3.63) is 60.5 Å². The average Bonchev–Trinajstić information content (AvgIpc) is 2.59. The molecule has 0 saturated carbocycles. The Hall–Kier alpha value is -2.27. The molecule has 0 atom stereocenters. The van der Waals surface area contributed by atoms with E-state index < -0.39 is 0 Å². The van der Waals surface area contributed by atoms with Gasteiger partial charge in [-0.2, -0.15) is 11.8 Å². The monoisotopic (exact) mass is 330 g/mol. The second kappa shape index (κ2) is 10.5. The summed E-state index contributed by atoms with van der Waals surface area (Å²) in [6, 6.07) is 7.48. The Kier molecular flexibility index (Phi) is 8.54. The van der Waals surface area contributed by atoms with Crippen molar-refractivity contribution in [3.8, 4) is 5.75 Å². The number of ether oxygens (including phenoxy) is 1. The number of hydrogen-bond donors (Lipinski definition) is 0. The number of aliphatic imine (C=N–C) groups is 1. The highest BCUT2D eigenvalue weighted by atomic mass is 32.2. The number of rotatable bonds is 9. The number of amides is 1. The molecule has 0 aliphatic heterocycles. The second-order valence-electron chi connectivity index (χ2n) is 4.51. The summed E-state index contributed by atoms with van der Waals surface area (Å²) in [7, 11) is 1.62. The Bertz CT molecular complexity index is 592. The molecule has 1 amide bonds. The fourth-order valence-electron chi connectivity index (χ4n) is 1.83. The zero-order chi connectivity index (χ0) is 17.1. The van der Waals surface area contributed by atoms with Gasteiger partial charge in [-0.3, -0.25) is 9.69 Å². The lowest BCUT2D eigenvalue weighted by molar-refractivity contribution is -0.123. The summed E-state index contributed by atoms with van der Waals surface area (Å²) in [4.78, 5) is 18.0. The van der Waals surface area contributed by atoms with Crippen molar-refractivity contribution in [2.75, 3.05) is 25.7 Å². The minimum absolute atomic E-state index is 0.143. The summed E-state index contributed by atoms with van der Waals surface area (Å²) in [6.07, 6.45) is 8.56. The molecule has 0 heterocycles. The van der Waals surface area contributed by atoms with Gasteiger partial charge in [-0.25, -0.2) is 4.99 Å². The van der Waals surface area contributed by atoms with Gasteiger partial charge in [0.05, 0.1) is 7.11 Å². The molecule has 0 fully saturated rings. The van der Waals surface area contributed by atoms with Crippen LogP contribution in [0.15, 0.2) is 59.9 Å². The van der Waals surface area contributed by atoms with Gasteiger partial charge in [-0.15, -0.1) is 0 Å². The molecule has 0 aliphatic carbocycles. The van der Waals surface area contributed by atoms with Crippen LogP contribution in [0.2, 0.25) is 0 Å². The molecular formula is C18H22N2O2S. The van der Waals surface area contributed by atoms with Gasteiger partial charge >= 0.3 is 0 Å². The summed E-state index contributed by atoms with van der Waals surface area (Å²) in [5.74, 6) is 1.95. The Balaban J connectivity index is 2.90. The topological polar surface area (TPSA) is 41.9 Å². The maximum Gasteiger partial charge on any atom is 0.252 e. The molecule has 0 bridgehead atoms. The van der Waals surface area contributed by atoms with Crippen molar-refractivity contribution >= 4 is 30.5 Å². The van der Waals surface area contributed by atoms with Crippen LogP contribution in [0.25, 0.3) is 6.08 Å². The van der Waals surface area contributed by atoms with Gasteiger partial charge in [-0.1, -0.05) is 24.8 Å². The fraction of sp³-hybridized carbons (Fsp3) is 0.222. The first-order valence-corrected chi connectivity index (χ1v) is 8.47. The van der Waals surface area contributed by atoms with Crippen molar-refractivity contribution in [1.82, 2.24) is 4.90 Å². The van der Waals surface area contributed by atoms with Crippen LogP contribution in [0.5, 0.6) is 5.75 Å². The summed E-state index contributed by atoms with van der Waals surface area (Å²) in [6.45, 7) is 7.73. The van der Waals surface area contributed by atoms with Crippen LogP contribution in [0.4, 0.5) is 0 Å². The molecule has 0 unspecified atom stereocenters. The quantitative estimate of drug-likeness (QED) is 0.394. The van der Waals surface area contributed by atoms with Crippen molar-refractivity contribution in [1.29, 1.82) is 0 Å². The molecule has 0 radical (unpaired) electrons. The van der Waals surface area contributed by atoms with E-state index in [0.29, 0.717) is 12.4 Å². The van der Waals surface area contributed by atoms with Gasteiger partial charge in [0.1, 0.15) is 11.6 Å². The molecule has 0 saturated heterocycles. The highest BCUT2D eigenvalue weighted by Gasteiger charge is 2.13. The molecule has 1 aromatic rings. The third-order valence-electron chi connectivity index (χ3n) is 3.02. The number of carbonyl (C=O) groups is 1. The summed E-state index contributed by atoms with van der Waals surface area (Å²) in [5.41, 5.74) is 0.921. The van der Waals surface area contributed by atoms with Gasteiger partial charge in [-0.05, 0) is 42.8 Å². The normalized spacial score (nSPS) is 11.3. The van der Waals surface area contributed by atoms with Crippen LogP contribution in [0.3, 0.4) is 0 Å². The van der Waals surface area contributed by atoms with Crippen molar-refractivity contribution < 1.29 is 9.53 Å². The molecule has 4 nitrogen and oxygen atoms in total. The predicted octanol–water partition coefficient (Wildman–Crippen LogP) is 3.63. The van der Waals surface area contributed by atoms with Gasteiger partial charge in [0, 0.05) is 18.4 Å². The first-order chi connectivity index (χ1) is 11.2. The number of benzene rings is 1. The van der Waals surface area contributed by atoms with E-state index in [9.17, 15) is 4.79 Å². The van der Waals surface area contributed by atoms with E-state index in [0.717, 1.165) is 17.1 Å². The third kappa shape index (κ3) is 6.16. The molecule has 5 heteroatoms. The lowest BCUT2D eigenvalue weighted by Crippen LogP contribution is -2.30. The number of hydrogen-bond acceptors (Lipinski definition) is 4. The van der Waals surface area contributed by atoms with Crippen molar-refractivity contribution in [2.45, 2.75) is 0 Å². The molecule has 23 heavy (non-hydrogen) atoms. The standard InChI is InChI=1S/C18H22N2O2S/c1-5-6-17(19-2)20(13-14-23-4)18(21)12-9-15-7-10-16(22-3)11-8-15/h5-12H,1-2,13-14H2,3-4H3/b12-9+,17-6+. The predicted molar refractivity (Wildman–Crippen MR) is 100.0 cm³/mol. The molecule has 0 spiro atoms. The second-order valence-corrected chi connectivity index (χ2v) is 5.49. The lowest BCUT2D eigenvalue weighted by atomic mass is 10.2. The highest BCUT2D eigenvalue weighted by molar-refractivity contribution is 7.98. The van der Waals surface area contributed by atoms with Gasteiger partial charge < -0.3 is 4.74 Å². The Labute approximate surface area is 142 Å². The average molecular weight is 330 g/mol. The fourth-order valence-corrected chi connectivity index (χ4v) is 2.19. The number of nitrogens with zero attached hydrogens (tertiary/aromatic N) is 2. The molecule has 0 aliphatic rings. The zero-order valence-corrected chi connectivity index (χ0v) is 14.4. The van der Waals surface area contributed by atoms with E-state index >= 15 is 0 Å². The highest BCUT2D eigenvalue weighted by Crippen LogP contribution is 2.14. The largest absolute Gasteiger partial charge is 0.497 e. The Morgan fingerprint density at radius 2 is 2.09 bits per heavy atom. The van der Waals surface area contributed by atoms with Gasteiger partial charge in [0.25, 0.3) is 5.91 Å². The zero-order valence-electron chi connectivity index (χ0n) is 13.6. The molecule has 0 N–H and O–H groups in total. The number of thioether (sulfide) groups is 1. The van der Waals surface area contributed by atoms with Crippen LogP contribution < -0.4 is 4.74 Å². The van der Waals surface area contributed by atoms with Crippen molar-refractivity contribution in [3.63, 3.8) is 0 Å². The van der Waals surface area contributed by atoms with E-state index in [4.69, 9.17) is 4.74 Å². The van der Waals surface area contributed by atoms with Crippen LogP contribution >= 0.6 is 11.8 Å². The van der Waals surface area contributed by atoms with Crippen LogP contribution in [-0.4, -0.2) is 43.2 Å². The summed E-state index contributed by atoms with van der Waals surface area (Å²) in [5, 5.41) is 0. The third-order valence-corrected chi connectivity index (χ3v) is 3.62. The van der Waals surface area contributed by atoms with Crippen LogP contribution in [0.1, 0.15) is 5.56 Å². The first kappa shape index (κ1) is 18.8. The van der Waals surface area contributed by atoms with E-state index in [2.05, 4.69) is 18.3 Å². The molecular weight excluding hydrogens is 308 g/mol. The minimum atomic E-state index is -0.143. The van der Waals surface area contributed by atoms with E-state index in [-0.39, 0.29) is 5.91 Å². The summed E-state index contributed by atoms with van der Waals surface area (Å²) < 4.78 is 5.11. The van der Waals surface area contributed by atoms with Crippen LogP contribution in [0, 0.1) is 0 Å². The van der Waals surface area contributed by atoms with E-state index in [1.807, 2.05) is 30.5 Å². The Morgan fingerprint density at radius 1 is 1.39 bits per heavy atom. The molecule has 0 aromatic heterocycles. The molecule has 122 valence electrons. The van der Waals surface area contributed by atoms with Gasteiger partial charge in [0.15, 0.2) is 0 Å². The number of allylic oxidation sites excluding steroid dienone is 2. The SMILES string of the molecule is C=C/C=C(\N=C)N(CCSC)C(=O)/C=C/c1ccc(OC)cc1. The van der Waals surface area contributed by atoms with Crippen LogP contribution in [-0.2, 0) is 4.79 Å². The lowest BCUT2D eigenvalue weighted by Gasteiger charge is -2.20. The van der Waals surface area contributed by atoms with Gasteiger partial charge in [0.2, 0.25) is 0 Å². The summed E-state index contributed by atoms with van der Waals surface area (Å²) >= 11 is 1.66. The first-order valence-electron chi connectivity index (χ1n) is 7.08. The smallest absolute Gasteiger partial charge is 0.252 e. The van der Waals surface area contributed by atoms with E-state index in [1.165, 1.54) is 6.08 Å². The van der Waals surface area contributed by atoms with Crippen molar-refractivity contribution in [2.24, 2.45) is 4.99 Å². The number of methoxy groups -OCH3 is 1. The maximum absolute atomic E-state index is 12.5.